The second-order valence-electron chi connectivity index (χ2n) is 4.51. The van der Waals surface area contributed by atoms with Crippen LogP contribution in [-0.2, 0) is 4.79 Å². The lowest BCUT2D eigenvalue weighted by Gasteiger charge is -2.15. The molecule has 0 saturated heterocycles. The molecule has 0 amide bonds. The number of rotatable bonds is 1. The highest BCUT2D eigenvalue weighted by atomic mass is 16.1. The maximum absolute atomic E-state index is 10.8. The highest BCUT2D eigenvalue weighted by molar-refractivity contribution is 5.94. The van der Waals surface area contributed by atoms with E-state index in [0.29, 0.717) is 0 Å². The zero-order chi connectivity index (χ0) is 12.4. The summed E-state index contributed by atoms with van der Waals surface area (Å²) in [6.07, 6.45) is 13.2. The number of fused-ring (bicyclic) bond motifs is 2. The Morgan fingerprint density at radius 2 is 1.83 bits per heavy atom. The van der Waals surface area contributed by atoms with Crippen molar-refractivity contribution < 1.29 is 4.79 Å². The van der Waals surface area contributed by atoms with Crippen LogP contribution in [0, 0.1) is 0 Å². The summed E-state index contributed by atoms with van der Waals surface area (Å²) >= 11 is 0. The molecule has 2 aliphatic rings. The average molecular weight is 234 g/mol. The molecular weight excluding hydrogens is 220 g/mol. The number of allylic oxidation sites excluding steroid dienone is 8. The lowest BCUT2D eigenvalue weighted by atomic mass is 9.89. The monoisotopic (exact) mass is 234 g/mol. The van der Waals surface area contributed by atoms with Crippen molar-refractivity contribution >= 4 is 17.4 Å². The zero-order valence-corrected chi connectivity index (χ0v) is 10.1. The van der Waals surface area contributed by atoms with Crippen LogP contribution in [0.4, 0.5) is 0 Å². The van der Waals surface area contributed by atoms with Crippen LogP contribution in [0.5, 0.6) is 0 Å². The molecule has 1 aromatic rings. The van der Waals surface area contributed by atoms with Gasteiger partial charge in [-0.2, -0.15) is 0 Å². The molecule has 3 rings (SSSR count). The summed E-state index contributed by atoms with van der Waals surface area (Å²) in [5.74, 6) is 0. The second kappa shape index (κ2) is 4.61. The molecule has 0 spiro atoms. The molecule has 0 aliphatic heterocycles. The fraction of sp³-hybridized carbons (Fsp3) is 0.118. The highest BCUT2D eigenvalue weighted by Gasteiger charge is 2.16. The van der Waals surface area contributed by atoms with Crippen LogP contribution in [-0.4, -0.2) is 6.29 Å². The Bertz CT molecular complexity index is 612. The van der Waals surface area contributed by atoms with Gasteiger partial charge < -0.3 is 0 Å². The Labute approximate surface area is 107 Å². The summed E-state index contributed by atoms with van der Waals surface area (Å²) in [6.45, 7) is 0. The molecule has 2 aliphatic carbocycles. The van der Waals surface area contributed by atoms with E-state index in [4.69, 9.17) is 0 Å². The van der Waals surface area contributed by atoms with Gasteiger partial charge in [0.15, 0.2) is 0 Å². The first-order valence-electron chi connectivity index (χ1n) is 6.23. The zero-order valence-electron chi connectivity index (χ0n) is 10.1. The van der Waals surface area contributed by atoms with E-state index in [1.807, 2.05) is 12.1 Å². The van der Waals surface area contributed by atoms with Gasteiger partial charge >= 0.3 is 0 Å². The van der Waals surface area contributed by atoms with Gasteiger partial charge in [0.25, 0.3) is 0 Å². The van der Waals surface area contributed by atoms with Crippen LogP contribution in [0.3, 0.4) is 0 Å². The third kappa shape index (κ3) is 1.78. The molecule has 0 fully saturated rings. The van der Waals surface area contributed by atoms with E-state index in [1.165, 1.54) is 16.7 Å². The van der Waals surface area contributed by atoms with Crippen molar-refractivity contribution in [2.75, 3.05) is 0 Å². The summed E-state index contributed by atoms with van der Waals surface area (Å²) < 4.78 is 0. The van der Waals surface area contributed by atoms with E-state index >= 15 is 0 Å². The topological polar surface area (TPSA) is 17.1 Å². The minimum Gasteiger partial charge on any atom is -0.299 e. The van der Waals surface area contributed by atoms with Crippen molar-refractivity contribution in [3.63, 3.8) is 0 Å². The largest absolute Gasteiger partial charge is 0.299 e. The minimum atomic E-state index is 0.858. The molecule has 0 aromatic heterocycles. The quantitative estimate of drug-likeness (QED) is 0.531. The van der Waals surface area contributed by atoms with Crippen LogP contribution in [0.1, 0.15) is 24.0 Å². The third-order valence-electron chi connectivity index (χ3n) is 3.46. The van der Waals surface area contributed by atoms with E-state index in [-0.39, 0.29) is 0 Å². The number of hydrogen-bond donors (Lipinski definition) is 0. The first kappa shape index (κ1) is 11.0. The Morgan fingerprint density at radius 1 is 1.00 bits per heavy atom. The maximum Gasteiger partial charge on any atom is 0.143 e. The van der Waals surface area contributed by atoms with Crippen LogP contribution >= 0.6 is 0 Å². The first-order chi connectivity index (χ1) is 8.90. The number of carbonyl (C=O) groups is 1. The predicted octanol–water partition coefficient (Wildman–Crippen LogP) is 3.94. The minimum absolute atomic E-state index is 0.858. The number of carbonyl (C=O) groups excluding carboxylic acids is 1. The van der Waals surface area contributed by atoms with Gasteiger partial charge in [-0.05, 0) is 46.8 Å². The molecule has 0 N–H and O–H groups in total. The summed E-state index contributed by atoms with van der Waals surface area (Å²) in [6, 6.07) is 8.32. The Balaban J connectivity index is 2.27. The Morgan fingerprint density at radius 3 is 2.67 bits per heavy atom. The number of hydrogen-bond acceptors (Lipinski definition) is 1. The lowest BCUT2D eigenvalue weighted by molar-refractivity contribution is -0.104. The Kier molecular flexibility index (Phi) is 2.81. The average Bonchev–Trinajstić information content (AvgIpc) is 2.58. The first-order valence-corrected chi connectivity index (χ1v) is 6.23. The molecular formula is C17H14O. The van der Waals surface area contributed by atoms with Crippen LogP contribution < -0.4 is 0 Å². The van der Waals surface area contributed by atoms with Crippen molar-refractivity contribution in [1.29, 1.82) is 0 Å². The normalized spacial score (nSPS) is 19.4. The fourth-order valence-corrected chi connectivity index (χ4v) is 2.62. The van der Waals surface area contributed by atoms with Gasteiger partial charge in [-0.25, -0.2) is 0 Å². The van der Waals surface area contributed by atoms with Crippen molar-refractivity contribution in [2.24, 2.45) is 0 Å². The molecule has 0 atom stereocenters. The molecule has 0 saturated carbocycles. The highest BCUT2D eigenvalue weighted by Crippen LogP contribution is 2.36. The van der Waals surface area contributed by atoms with E-state index in [0.717, 1.165) is 30.3 Å². The summed E-state index contributed by atoms with van der Waals surface area (Å²) in [5.41, 5.74) is 6.06. The van der Waals surface area contributed by atoms with Crippen molar-refractivity contribution in [1.82, 2.24) is 0 Å². The number of benzene rings is 1. The maximum atomic E-state index is 10.8. The van der Waals surface area contributed by atoms with Crippen LogP contribution in [0.15, 0.2) is 60.2 Å². The van der Waals surface area contributed by atoms with Crippen LogP contribution in [0.25, 0.3) is 11.1 Å². The van der Waals surface area contributed by atoms with E-state index < -0.39 is 0 Å². The molecule has 0 bridgehead atoms. The Hall–Kier alpha value is -2.15. The fourth-order valence-electron chi connectivity index (χ4n) is 2.62. The van der Waals surface area contributed by atoms with Gasteiger partial charge in [0, 0.05) is 0 Å². The second-order valence-corrected chi connectivity index (χ2v) is 4.51. The van der Waals surface area contributed by atoms with Crippen molar-refractivity contribution in [3.8, 4) is 0 Å². The molecule has 1 aromatic carbocycles. The molecule has 18 heavy (non-hydrogen) atoms. The molecule has 1 nitrogen and oxygen atoms in total. The summed E-state index contributed by atoms with van der Waals surface area (Å²) in [7, 11) is 0. The van der Waals surface area contributed by atoms with Gasteiger partial charge in [0.1, 0.15) is 6.29 Å². The molecule has 0 heterocycles. The SMILES string of the molecule is O=CC=C1C=CC2=C(CCC=C2)c2ccccc21. The van der Waals surface area contributed by atoms with Gasteiger partial charge in [-0.3, -0.25) is 4.79 Å². The summed E-state index contributed by atoms with van der Waals surface area (Å²) in [5, 5.41) is 0. The predicted molar refractivity (Wildman–Crippen MR) is 74.9 cm³/mol. The van der Waals surface area contributed by atoms with Gasteiger partial charge in [0.05, 0.1) is 0 Å². The third-order valence-corrected chi connectivity index (χ3v) is 3.46. The molecule has 0 unspecified atom stereocenters. The number of aldehydes is 1. The standard InChI is InChI=1S/C17H14O/c18-12-11-14-10-9-13-5-1-2-6-15(13)17-8-4-3-7-16(14)17/h1,3-5,7-12H,2,6H2. The molecule has 88 valence electrons. The van der Waals surface area contributed by atoms with E-state index in [9.17, 15) is 4.79 Å². The van der Waals surface area contributed by atoms with E-state index in [1.54, 1.807) is 6.08 Å². The lowest BCUT2D eigenvalue weighted by Crippen LogP contribution is -1.95. The van der Waals surface area contributed by atoms with Gasteiger partial charge in [0.2, 0.25) is 0 Å². The van der Waals surface area contributed by atoms with Crippen molar-refractivity contribution in [3.05, 3.63) is 71.3 Å². The van der Waals surface area contributed by atoms with Gasteiger partial charge in [-0.1, -0.05) is 48.6 Å². The van der Waals surface area contributed by atoms with E-state index in [2.05, 4.69) is 36.4 Å². The smallest absolute Gasteiger partial charge is 0.143 e. The molecule has 1 heteroatoms. The summed E-state index contributed by atoms with van der Waals surface area (Å²) in [4.78, 5) is 10.8. The van der Waals surface area contributed by atoms with Crippen LogP contribution in [0.2, 0.25) is 0 Å². The van der Waals surface area contributed by atoms with Crippen molar-refractivity contribution in [2.45, 2.75) is 12.8 Å². The van der Waals surface area contributed by atoms with Gasteiger partial charge in [-0.15, -0.1) is 0 Å². The molecule has 0 radical (unpaired) electrons.